The van der Waals surface area contributed by atoms with E-state index in [1.54, 1.807) is 0 Å². The molecule has 1 rings (SSSR count). The van der Waals surface area contributed by atoms with Crippen LogP contribution in [-0.4, -0.2) is 43.7 Å². The number of hydrogen-bond acceptors (Lipinski definition) is 4. The van der Waals surface area contributed by atoms with E-state index in [4.69, 9.17) is 0 Å². The summed E-state index contributed by atoms with van der Waals surface area (Å²) < 4.78 is 24.5. The summed E-state index contributed by atoms with van der Waals surface area (Å²) in [7, 11) is -3.16. The van der Waals surface area contributed by atoms with E-state index >= 15 is 0 Å². The third kappa shape index (κ3) is 6.23. The largest absolute Gasteiger partial charge is 0.391 e. The molecule has 1 saturated carbocycles. The fourth-order valence-electron chi connectivity index (χ4n) is 2.71. The van der Waals surface area contributed by atoms with Gasteiger partial charge < -0.3 is 10.4 Å². The van der Waals surface area contributed by atoms with Gasteiger partial charge in [-0.3, -0.25) is 0 Å². The van der Waals surface area contributed by atoms with Crippen LogP contribution < -0.4 is 5.32 Å². The molecule has 3 atom stereocenters. The molecule has 0 bridgehead atoms. The van der Waals surface area contributed by atoms with Crippen molar-refractivity contribution in [3.05, 3.63) is 0 Å². The Morgan fingerprint density at radius 2 is 1.95 bits per heavy atom. The van der Waals surface area contributed by atoms with Crippen molar-refractivity contribution in [3.63, 3.8) is 0 Å². The van der Waals surface area contributed by atoms with Crippen molar-refractivity contribution in [2.45, 2.75) is 57.8 Å². The Balaban J connectivity index is 2.40. The van der Waals surface area contributed by atoms with Crippen molar-refractivity contribution in [2.24, 2.45) is 11.8 Å². The first-order valence-corrected chi connectivity index (χ1v) is 9.13. The first-order chi connectivity index (χ1) is 8.81. The summed E-state index contributed by atoms with van der Waals surface area (Å²) in [4.78, 5) is 0. The Bertz CT molecular complexity index is 354. The molecule has 0 aromatic carbocycles. The molecule has 0 spiro atoms. The number of nitrogens with one attached hydrogen (secondary N) is 1. The third-order valence-corrected chi connectivity index (χ3v) is 6.05. The van der Waals surface area contributed by atoms with Gasteiger partial charge in [-0.15, -0.1) is 0 Å². The molecule has 3 unspecified atom stereocenters. The maximum Gasteiger partial charge on any atom is 0.155 e. The summed E-state index contributed by atoms with van der Waals surface area (Å²) in [5, 5.41) is 12.7. The standard InChI is InChI=1S/C14H29NO3S/c1-11(2)8-15-9-13(16)10-19(17,18)14-6-4-5-12(3)7-14/h11-16H,4-10H2,1-3H3. The molecule has 1 fully saturated rings. The highest BCUT2D eigenvalue weighted by atomic mass is 32.2. The first-order valence-electron chi connectivity index (χ1n) is 7.41. The zero-order chi connectivity index (χ0) is 14.5. The van der Waals surface area contributed by atoms with Crippen molar-refractivity contribution in [1.29, 1.82) is 0 Å². The maximum absolute atomic E-state index is 12.3. The lowest BCUT2D eigenvalue weighted by atomic mass is 9.91. The SMILES string of the molecule is CC(C)CNCC(O)CS(=O)(=O)C1CCCC(C)C1. The second-order valence-electron chi connectivity index (χ2n) is 6.43. The molecule has 4 nitrogen and oxygen atoms in total. The van der Waals surface area contributed by atoms with Crippen LogP contribution in [0.3, 0.4) is 0 Å². The van der Waals surface area contributed by atoms with Gasteiger partial charge in [0.25, 0.3) is 0 Å². The van der Waals surface area contributed by atoms with E-state index < -0.39 is 15.9 Å². The van der Waals surface area contributed by atoms with Gasteiger partial charge in [0.05, 0.1) is 17.1 Å². The molecule has 1 aliphatic rings. The Morgan fingerprint density at radius 3 is 2.53 bits per heavy atom. The summed E-state index contributed by atoms with van der Waals surface area (Å²) in [5.74, 6) is 0.892. The van der Waals surface area contributed by atoms with E-state index in [1.165, 1.54) is 0 Å². The zero-order valence-electron chi connectivity index (χ0n) is 12.4. The fourth-order valence-corrected chi connectivity index (χ4v) is 4.78. The molecule has 0 heterocycles. The van der Waals surface area contributed by atoms with Gasteiger partial charge >= 0.3 is 0 Å². The smallest absolute Gasteiger partial charge is 0.155 e. The predicted molar refractivity (Wildman–Crippen MR) is 78.9 cm³/mol. The minimum absolute atomic E-state index is 0.102. The van der Waals surface area contributed by atoms with Crippen molar-refractivity contribution < 1.29 is 13.5 Å². The second-order valence-corrected chi connectivity index (χ2v) is 8.75. The molecule has 0 amide bonds. The molecule has 0 aromatic rings. The van der Waals surface area contributed by atoms with Gasteiger partial charge in [-0.05, 0) is 31.2 Å². The Labute approximate surface area is 117 Å². The van der Waals surface area contributed by atoms with Gasteiger partial charge in [-0.1, -0.05) is 33.6 Å². The quantitative estimate of drug-likeness (QED) is 0.747. The van der Waals surface area contributed by atoms with Gasteiger partial charge in [0.1, 0.15) is 0 Å². The second kappa shape index (κ2) is 7.60. The van der Waals surface area contributed by atoms with Crippen molar-refractivity contribution in [3.8, 4) is 0 Å². The predicted octanol–water partition coefficient (Wildman–Crippen LogP) is 1.59. The number of sulfone groups is 1. The number of rotatable bonds is 7. The van der Waals surface area contributed by atoms with Crippen LogP contribution in [0.4, 0.5) is 0 Å². The Hall–Kier alpha value is -0.130. The minimum atomic E-state index is -3.16. The average Bonchev–Trinajstić information content (AvgIpc) is 2.27. The molecule has 2 N–H and O–H groups in total. The van der Waals surface area contributed by atoms with Crippen LogP contribution in [0.15, 0.2) is 0 Å². The van der Waals surface area contributed by atoms with Crippen LogP contribution in [0.25, 0.3) is 0 Å². The highest BCUT2D eigenvalue weighted by molar-refractivity contribution is 7.92. The third-order valence-electron chi connectivity index (χ3n) is 3.75. The van der Waals surface area contributed by atoms with Crippen molar-refractivity contribution >= 4 is 9.84 Å². The van der Waals surface area contributed by atoms with Crippen LogP contribution in [0.5, 0.6) is 0 Å². The van der Waals surface area contributed by atoms with Gasteiger partial charge in [-0.25, -0.2) is 8.42 Å². The first kappa shape index (κ1) is 16.9. The average molecular weight is 291 g/mol. The Morgan fingerprint density at radius 1 is 1.26 bits per heavy atom. The lowest BCUT2D eigenvalue weighted by Gasteiger charge is -2.27. The molecule has 5 heteroatoms. The maximum atomic E-state index is 12.3. The van der Waals surface area contributed by atoms with Gasteiger partial charge in [-0.2, -0.15) is 0 Å². The molecule has 0 radical (unpaired) electrons. The molecule has 1 aliphatic carbocycles. The van der Waals surface area contributed by atoms with Crippen LogP contribution in [0.2, 0.25) is 0 Å². The molecule has 114 valence electrons. The number of aliphatic hydroxyl groups excluding tert-OH is 1. The van der Waals surface area contributed by atoms with E-state index in [1.807, 2.05) is 0 Å². The van der Waals surface area contributed by atoms with Crippen molar-refractivity contribution in [2.75, 3.05) is 18.8 Å². The number of hydrogen-bond donors (Lipinski definition) is 2. The highest BCUT2D eigenvalue weighted by Gasteiger charge is 2.31. The van der Waals surface area contributed by atoms with Crippen LogP contribution in [0, 0.1) is 11.8 Å². The molecular weight excluding hydrogens is 262 g/mol. The summed E-state index contributed by atoms with van der Waals surface area (Å²) in [5.41, 5.74) is 0. The topological polar surface area (TPSA) is 66.4 Å². The molecular formula is C14H29NO3S. The zero-order valence-corrected chi connectivity index (χ0v) is 13.2. The van der Waals surface area contributed by atoms with E-state index in [9.17, 15) is 13.5 Å². The van der Waals surface area contributed by atoms with Gasteiger partial charge in [0.15, 0.2) is 9.84 Å². The van der Waals surface area contributed by atoms with E-state index in [0.29, 0.717) is 18.4 Å². The van der Waals surface area contributed by atoms with Gasteiger partial charge in [0.2, 0.25) is 0 Å². The fraction of sp³-hybridized carbons (Fsp3) is 1.00. The summed E-state index contributed by atoms with van der Waals surface area (Å²) in [6.45, 7) is 7.44. The molecule has 0 saturated heterocycles. The minimum Gasteiger partial charge on any atom is -0.391 e. The van der Waals surface area contributed by atoms with Gasteiger partial charge in [0, 0.05) is 6.54 Å². The van der Waals surface area contributed by atoms with Crippen molar-refractivity contribution in [1.82, 2.24) is 5.32 Å². The van der Waals surface area contributed by atoms with Crippen LogP contribution in [-0.2, 0) is 9.84 Å². The van der Waals surface area contributed by atoms with Crippen LogP contribution in [0.1, 0.15) is 46.5 Å². The highest BCUT2D eigenvalue weighted by Crippen LogP contribution is 2.28. The van der Waals surface area contributed by atoms with E-state index in [2.05, 4.69) is 26.1 Å². The lowest BCUT2D eigenvalue weighted by molar-refractivity contribution is 0.191. The number of aliphatic hydroxyl groups is 1. The molecule has 19 heavy (non-hydrogen) atoms. The van der Waals surface area contributed by atoms with Crippen LogP contribution >= 0.6 is 0 Å². The van der Waals surface area contributed by atoms with E-state index in [0.717, 1.165) is 32.2 Å². The lowest BCUT2D eigenvalue weighted by Crippen LogP contribution is -2.38. The summed E-state index contributed by atoms with van der Waals surface area (Å²) in [6, 6.07) is 0. The monoisotopic (exact) mass is 291 g/mol. The summed E-state index contributed by atoms with van der Waals surface area (Å²) >= 11 is 0. The van der Waals surface area contributed by atoms with E-state index in [-0.39, 0.29) is 11.0 Å². The summed E-state index contributed by atoms with van der Waals surface area (Å²) in [6.07, 6.45) is 2.85. The molecule has 0 aromatic heterocycles. The Kier molecular flexibility index (Phi) is 6.77. The molecule has 0 aliphatic heterocycles. The normalized spacial score (nSPS) is 26.6.